The molecule has 0 aliphatic heterocycles. The van der Waals surface area contributed by atoms with Crippen LogP contribution >= 0.6 is 0 Å². The van der Waals surface area contributed by atoms with Crippen LogP contribution in [-0.2, 0) is 9.84 Å². The first-order valence-corrected chi connectivity index (χ1v) is 10.1. The van der Waals surface area contributed by atoms with Crippen LogP contribution in [-0.4, -0.2) is 8.42 Å². The van der Waals surface area contributed by atoms with E-state index in [-0.39, 0.29) is 9.79 Å². The van der Waals surface area contributed by atoms with Gasteiger partial charge in [0.05, 0.1) is 9.79 Å². The van der Waals surface area contributed by atoms with Gasteiger partial charge in [-0.05, 0) is 73.7 Å². The molecule has 5 heteroatoms. The molecule has 0 saturated heterocycles. The van der Waals surface area contributed by atoms with E-state index in [1.807, 2.05) is 31.2 Å². The molecule has 0 spiro atoms. The number of hydrogen-bond acceptors (Lipinski definition) is 4. The molecule has 0 N–H and O–H groups in total. The number of allylic oxidation sites excluding steroid dienone is 1. The lowest BCUT2D eigenvalue weighted by atomic mass is 10.2. The van der Waals surface area contributed by atoms with Crippen molar-refractivity contribution >= 4 is 9.84 Å². The van der Waals surface area contributed by atoms with Crippen LogP contribution in [0.15, 0.2) is 108 Å². The highest BCUT2D eigenvalue weighted by Gasteiger charge is 2.17. The summed E-state index contributed by atoms with van der Waals surface area (Å²) in [4.78, 5) is 0.365. The zero-order chi connectivity index (χ0) is 20.1. The first-order chi connectivity index (χ1) is 13.4. The number of hydrogen-bond donors (Lipinski definition) is 0. The normalized spacial score (nSPS) is 10.9. The molecule has 0 aromatic heterocycles. The standard InChI is InChI=1S/C23H20O4S/c1-4-18(3)26-19-9-13-22(14-10-19)28(24,25)23-15-11-21(12-16-23)27-20-7-5-17(2)6-8-20/h4-16H,1,3H2,2H3. The Bertz CT molecular complexity index is 1080. The van der Waals surface area contributed by atoms with Gasteiger partial charge in [0.25, 0.3) is 0 Å². The maximum absolute atomic E-state index is 12.8. The van der Waals surface area contributed by atoms with Crippen molar-refractivity contribution in [1.82, 2.24) is 0 Å². The van der Waals surface area contributed by atoms with Crippen molar-refractivity contribution in [2.24, 2.45) is 0 Å². The van der Waals surface area contributed by atoms with Crippen LogP contribution in [0.2, 0.25) is 0 Å². The van der Waals surface area contributed by atoms with Gasteiger partial charge in [-0.1, -0.05) is 30.9 Å². The van der Waals surface area contributed by atoms with Crippen LogP contribution in [0, 0.1) is 6.92 Å². The smallest absolute Gasteiger partial charge is 0.206 e. The molecule has 0 saturated carbocycles. The summed E-state index contributed by atoms with van der Waals surface area (Å²) in [6.45, 7) is 9.22. The Balaban J connectivity index is 1.77. The Morgan fingerprint density at radius 2 is 1.21 bits per heavy atom. The Kier molecular flexibility index (Phi) is 5.66. The minimum absolute atomic E-state index is 0.177. The second kappa shape index (κ2) is 8.15. The Hall–Kier alpha value is -3.31. The number of ether oxygens (including phenoxy) is 2. The molecule has 3 rings (SSSR count). The average molecular weight is 392 g/mol. The third kappa shape index (κ3) is 4.50. The summed E-state index contributed by atoms with van der Waals surface area (Å²) in [6, 6.07) is 20.1. The molecule has 0 fully saturated rings. The topological polar surface area (TPSA) is 52.6 Å². The molecular weight excluding hydrogens is 372 g/mol. The van der Waals surface area contributed by atoms with Gasteiger partial charge in [-0.3, -0.25) is 0 Å². The van der Waals surface area contributed by atoms with Crippen LogP contribution in [0.4, 0.5) is 0 Å². The minimum atomic E-state index is -3.64. The SMILES string of the molecule is C=CC(=C)Oc1ccc(S(=O)(=O)c2ccc(Oc3ccc(C)cc3)cc2)cc1. The first-order valence-electron chi connectivity index (χ1n) is 8.57. The van der Waals surface area contributed by atoms with Gasteiger partial charge >= 0.3 is 0 Å². The van der Waals surface area contributed by atoms with E-state index in [0.29, 0.717) is 23.0 Å². The van der Waals surface area contributed by atoms with Crippen LogP contribution in [0.5, 0.6) is 17.2 Å². The number of benzene rings is 3. The highest BCUT2D eigenvalue weighted by molar-refractivity contribution is 7.91. The van der Waals surface area contributed by atoms with Crippen molar-refractivity contribution in [3.05, 3.63) is 103 Å². The Morgan fingerprint density at radius 1 is 0.786 bits per heavy atom. The van der Waals surface area contributed by atoms with Crippen LogP contribution < -0.4 is 9.47 Å². The number of aryl methyl sites for hydroxylation is 1. The van der Waals surface area contributed by atoms with E-state index in [0.717, 1.165) is 5.56 Å². The minimum Gasteiger partial charge on any atom is -0.458 e. The third-order valence-corrected chi connectivity index (χ3v) is 5.79. The van der Waals surface area contributed by atoms with E-state index < -0.39 is 9.84 Å². The molecule has 3 aromatic carbocycles. The summed E-state index contributed by atoms with van der Waals surface area (Å²) in [5.74, 6) is 2.14. The zero-order valence-electron chi connectivity index (χ0n) is 15.5. The fraction of sp³-hybridized carbons (Fsp3) is 0.0435. The molecule has 0 amide bonds. The molecule has 0 aliphatic rings. The van der Waals surface area contributed by atoms with Crippen molar-refractivity contribution < 1.29 is 17.9 Å². The van der Waals surface area contributed by atoms with Crippen molar-refractivity contribution in [2.75, 3.05) is 0 Å². The number of rotatable bonds is 7. The lowest BCUT2D eigenvalue weighted by Crippen LogP contribution is -2.02. The maximum Gasteiger partial charge on any atom is 0.206 e. The lowest BCUT2D eigenvalue weighted by Gasteiger charge is -2.09. The summed E-state index contributed by atoms with van der Waals surface area (Å²) < 4.78 is 36.8. The molecule has 4 nitrogen and oxygen atoms in total. The summed E-state index contributed by atoms with van der Waals surface area (Å²) in [7, 11) is -3.64. The van der Waals surface area contributed by atoms with E-state index in [1.165, 1.54) is 30.3 Å². The molecule has 0 radical (unpaired) electrons. The second-order valence-electron chi connectivity index (χ2n) is 6.13. The lowest BCUT2D eigenvalue weighted by molar-refractivity contribution is 0.447. The summed E-state index contributed by atoms with van der Waals surface area (Å²) >= 11 is 0. The highest BCUT2D eigenvalue weighted by Crippen LogP contribution is 2.27. The molecule has 3 aromatic rings. The van der Waals surface area contributed by atoms with Crippen molar-refractivity contribution in [3.63, 3.8) is 0 Å². The van der Waals surface area contributed by atoms with Gasteiger partial charge in [-0.15, -0.1) is 0 Å². The van der Waals surface area contributed by atoms with Gasteiger partial charge in [0.15, 0.2) is 0 Å². The van der Waals surface area contributed by atoms with E-state index >= 15 is 0 Å². The highest BCUT2D eigenvalue weighted by atomic mass is 32.2. The van der Waals surface area contributed by atoms with Crippen molar-refractivity contribution in [3.8, 4) is 17.2 Å². The molecule has 0 heterocycles. The molecule has 28 heavy (non-hydrogen) atoms. The molecule has 142 valence electrons. The predicted molar refractivity (Wildman–Crippen MR) is 110 cm³/mol. The Labute approximate surface area is 165 Å². The van der Waals surface area contributed by atoms with Crippen LogP contribution in [0.1, 0.15) is 5.56 Å². The first kappa shape index (κ1) is 19.5. The van der Waals surface area contributed by atoms with Gasteiger partial charge in [0.2, 0.25) is 9.84 Å². The van der Waals surface area contributed by atoms with Gasteiger partial charge in [-0.2, -0.15) is 0 Å². The summed E-state index contributed by atoms with van der Waals surface area (Å²) in [5.41, 5.74) is 1.14. The van der Waals surface area contributed by atoms with E-state index in [9.17, 15) is 8.42 Å². The molecule has 0 unspecified atom stereocenters. The fourth-order valence-corrected chi connectivity index (χ4v) is 3.71. The number of sulfone groups is 1. The monoisotopic (exact) mass is 392 g/mol. The van der Waals surface area contributed by atoms with Gasteiger partial charge in [-0.25, -0.2) is 8.42 Å². The molecule has 0 bridgehead atoms. The average Bonchev–Trinajstić information content (AvgIpc) is 2.70. The molecular formula is C23H20O4S. The van der Waals surface area contributed by atoms with Gasteiger partial charge in [0, 0.05) is 0 Å². The largest absolute Gasteiger partial charge is 0.458 e. The predicted octanol–water partition coefficient (Wildman–Crippen LogP) is 5.70. The van der Waals surface area contributed by atoms with E-state index in [1.54, 1.807) is 24.3 Å². The molecule has 0 aliphatic carbocycles. The zero-order valence-corrected chi connectivity index (χ0v) is 16.3. The van der Waals surface area contributed by atoms with Crippen molar-refractivity contribution in [1.29, 1.82) is 0 Å². The van der Waals surface area contributed by atoms with E-state index in [4.69, 9.17) is 9.47 Å². The van der Waals surface area contributed by atoms with Gasteiger partial charge in [0.1, 0.15) is 23.0 Å². The van der Waals surface area contributed by atoms with Crippen molar-refractivity contribution in [2.45, 2.75) is 16.7 Å². The van der Waals surface area contributed by atoms with E-state index in [2.05, 4.69) is 13.2 Å². The van der Waals surface area contributed by atoms with Crippen LogP contribution in [0.3, 0.4) is 0 Å². The Morgan fingerprint density at radius 3 is 1.68 bits per heavy atom. The maximum atomic E-state index is 12.8. The fourth-order valence-electron chi connectivity index (χ4n) is 2.45. The van der Waals surface area contributed by atoms with Crippen LogP contribution in [0.25, 0.3) is 0 Å². The quantitative estimate of drug-likeness (QED) is 0.382. The second-order valence-corrected chi connectivity index (χ2v) is 8.08. The third-order valence-electron chi connectivity index (χ3n) is 4.00. The molecule has 0 atom stereocenters. The summed E-state index contributed by atoms with van der Waals surface area (Å²) in [6.07, 6.45) is 1.48. The summed E-state index contributed by atoms with van der Waals surface area (Å²) in [5, 5.41) is 0. The van der Waals surface area contributed by atoms with Gasteiger partial charge < -0.3 is 9.47 Å².